The Morgan fingerprint density at radius 2 is 1.90 bits per heavy atom. The number of rotatable bonds is 5. The molecule has 4 N–H and O–H groups in total. The highest BCUT2D eigenvalue weighted by molar-refractivity contribution is 5.58. The molecule has 0 aliphatic heterocycles. The van der Waals surface area contributed by atoms with Crippen LogP contribution in [0.5, 0.6) is 5.75 Å². The number of halogens is 1. The molecule has 112 valence electrons. The molecule has 0 amide bonds. The van der Waals surface area contributed by atoms with Gasteiger partial charge in [-0.15, -0.1) is 0 Å². The Kier molecular flexibility index (Phi) is 4.33. The van der Waals surface area contributed by atoms with Crippen molar-refractivity contribution in [1.82, 2.24) is 15.0 Å². The lowest BCUT2D eigenvalue weighted by atomic mass is 10.3. The highest BCUT2D eigenvalue weighted by Crippen LogP contribution is 2.23. The van der Waals surface area contributed by atoms with Crippen LogP contribution in [0.15, 0.2) is 18.2 Å². The van der Waals surface area contributed by atoms with Crippen LogP contribution in [0.25, 0.3) is 0 Å². The maximum atomic E-state index is 13.4. The van der Waals surface area contributed by atoms with Gasteiger partial charge in [0.1, 0.15) is 0 Å². The van der Waals surface area contributed by atoms with E-state index < -0.39 is 5.82 Å². The van der Waals surface area contributed by atoms with E-state index in [1.54, 1.807) is 25.1 Å². The van der Waals surface area contributed by atoms with Gasteiger partial charge in [-0.1, -0.05) is 0 Å². The number of methoxy groups -OCH3 is 1. The number of benzene rings is 1. The van der Waals surface area contributed by atoms with Crippen LogP contribution >= 0.6 is 0 Å². The van der Waals surface area contributed by atoms with Crippen LogP contribution in [0.4, 0.5) is 27.9 Å². The molecular weight excluding hydrogens is 277 g/mol. The van der Waals surface area contributed by atoms with Crippen molar-refractivity contribution in [2.45, 2.75) is 0 Å². The molecule has 1 aromatic heterocycles. The molecule has 2 rings (SSSR count). The molecule has 0 bridgehead atoms. The smallest absolute Gasteiger partial charge is 0.243 e. The van der Waals surface area contributed by atoms with E-state index >= 15 is 0 Å². The average molecular weight is 293 g/mol. The third kappa shape index (κ3) is 3.45. The van der Waals surface area contributed by atoms with Crippen LogP contribution in [-0.4, -0.2) is 36.2 Å². The Morgan fingerprint density at radius 1 is 1.19 bits per heavy atom. The molecule has 1 aromatic carbocycles. The number of nitrogen functional groups attached to an aromatic ring is 1. The summed E-state index contributed by atoms with van der Waals surface area (Å²) in [4.78, 5) is 14.1. The Balaban J connectivity index is 2.32. The average Bonchev–Trinajstić information content (AvgIpc) is 2.48. The first kappa shape index (κ1) is 14.7. The number of anilines is 4. The summed E-state index contributed by atoms with van der Waals surface area (Å²) >= 11 is 0. The molecule has 0 saturated heterocycles. The Morgan fingerprint density at radius 3 is 2.52 bits per heavy atom. The largest absolute Gasteiger partial charge is 0.494 e. The predicted molar refractivity (Wildman–Crippen MR) is 78.2 cm³/mol. The van der Waals surface area contributed by atoms with Gasteiger partial charge in [-0.25, -0.2) is 10.2 Å². The van der Waals surface area contributed by atoms with Gasteiger partial charge in [-0.2, -0.15) is 15.0 Å². The van der Waals surface area contributed by atoms with Crippen LogP contribution in [0, 0.1) is 5.82 Å². The zero-order valence-electron chi connectivity index (χ0n) is 11.9. The van der Waals surface area contributed by atoms with E-state index in [2.05, 4.69) is 25.7 Å². The monoisotopic (exact) mass is 293 g/mol. The molecule has 1 heterocycles. The van der Waals surface area contributed by atoms with Crippen molar-refractivity contribution in [2.75, 3.05) is 36.8 Å². The molecule has 2 aromatic rings. The summed E-state index contributed by atoms with van der Waals surface area (Å²) in [5, 5.41) is 2.94. The quantitative estimate of drug-likeness (QED) is 0.557. The van der Waals surface area contributed by atoms with Gasteiger partial charge in [0.2, 0.25) is 17.8 Å². The van der Waals surface area contributed by atoms with Gasteiger partial charge in [0.15, 0.2) is 11.6 Å². The van der Waals surface area contributed by atoms with E-state index in [-0.39, 0.29) is 17.6 Å². The number of hydrogen-bond donors (Lipinski definition) is 3. The van der Waals surface area contributed by atoms with E-state index in [0.717, 1.165) is 0 Å². The number of hydrazine groups is 1. The third-order valence-electron chi connectivity index (χ3n) is 2.56. The molecular formula is C12H16FN7O. The van der Waals surface area contributed by atoms with Crippen LogP contribution < -0.4 is 26.2 Å². The molecule has 0 radical (unpaired) electrons. The minimum Gasteiger partial charge on any atom is -0.494 e. The van der Waals surface area contributed by atoms with E-state index in [1.807, 2.05) is 0 Å². The highest BCUT2D eigenvalue weighted by atomic mass is 19.1. The molecule has 0 unspecified atom stereocenters. The van der Waals surface area contributed by atoms with E-state index in [1.165, 1.54) is 19.2 Å². The van der Waals surface area contributed by atoms with Gasteiger partial charge in [0.05, 0.1) is 7.11 Å². The lowest BCUT2D eigenvalue weighted by Gasteiger charge is -2.13. The summed E-state index contributed by atoms with van der Waals surface area (Å²) in [6, 6.07) is 4.34. The minimum atomic E-state index is -0.447. The second-order valence-electron chi connectivity index (χ2n) is 4.30. The molecule has 0 saturated carbocycles. The minimum absolute atomic E-state index is 0.124. The number of aromatic nitrogens is 3. The predicted octanol–water partition coefficient (Wildman–Crippen LogP) is 1.11. The zero-order chi connectivity index (χ0) is 15.4. The topological polar surface area (TPSA) is 101 Å². The zero-order valence-corrected chi connectivity index (χ0v) is 11.9. The SMILES string of the molecule is COc1cc(Nc2nc(NN)nc(N(C)C)n2)ccc1F. The van der Waals surface area contributed by atoms with Crippen molar-refractivity contribution in [1.29, 1.82) is 0 Å². The van der Waals surface area contributed by atoms with Crippen molar-refractivity contribution in [3.8, 4) is 5.75 Å². The van der Waals surface area contributed by atoms with Crippen molar-refractivity contribution >= 4 is 23.5 Å². The number of hydrogen-bond acceptors (Lipinski definition) is 8. The second kappa shape index (κ2) is 6.18. The number of nitrogens with one attached hydrogen (secondary N) is 2. The number of nitrogens with two attached hydrogens (primary N) is 1. The van der Waals surface area contributed by atoms with Gasteiger partial charge in [-0.3, -0.25) is 5.43 Å². The molecule has 0 fully saturated rings. The summed E-state index contributed by atoms with van der Waals surface area (Å²) < 4.78 is 18.3. The fraction of sp³-hybridized carbons (Fsp3) is 0.250. The summed E-state index contributed by atoms with van der Waals surface area (Å²) in [5.74, 6) is 5.92. The summed E-state index contributed by atoms with van der Waals surface area (Å²) in [6.45, 7) is 0. The summed E-state index contributed by atoms with van der Waals surface area (Å²) in [5.41, 5.74) is 2.94. The maximum absolute atomic E-state index is 13.4. The maximum Gasteiger partial charge on any atom is 0.243 e. The van der Waals surface area contributed by atoms with Crippen molar-refractivity contribution in [3.05, 3.63) is 24.0 Å². The number of nitrogens with zero attached hydrogens (tertiary/aromatic N) is 4. The Bertz CT molecular complexity index is 635. The first-order valence-electron chi connectivity index (χ1n) is 6.04. The first-order chi connectivity index (χ1) is 10.0. The molecule has 0 aliphatic rings. The Labute approximate surface area is 121 Å². The molecule has 9 heteroatoms. The highest BCUT2D eigenvalue weighted by Gasteiger charge is 2.09. The van der Waals surface area contributed by atoms with E-state index in [9.17, 15) is 4.39 Å². The lowest BCUT2D eigenvalue weighted by Crippen LogP contribution is -2.18. The van der Waals surface area contributed by atoms with Gasteiger partial charge in [0.25, 0.3) is 0 Å². The van der Waals surface area contributed by atoms with Crippen LogP contribution in [-0.2, 0) is 0 Å². The van der Waals surface area contributed by atoms with Gasteiger partial charge < -0.3 is 15.0 Å². The molecule has 0 spiro atoms. The van der Waals surface area contributed by atoms with Crippen molar-refractivity contribution in [3.63, 3.8) is 0 Å². The summed E-state index contributed by atoms with van der Waals surface area (Å²) in [6.07, 6.45) is 0. The van der Waals surface area contributed by atoms with Crippen molar-refractivity contribution < 1.29 is 9.13 Å². The fourth-order valence-electron chi connectivity index (χ4n) is 1.55. The standard InChI is InChI=1S/C12H16FN7O/c1-20(2)12-17-10(16-11(18-12)19-14)15-7-4-5-8(13)9(6-7)21-3/h4-6H,14H2,1-3H3,(H2,15,16,17,18,19). The molecule has 0 atom stereocenters. The van der Waals surface area contributed by atoms with Crippen LogP contribution in [0.3, 0.4) is 0 Å². The Hall–Kier alpha value is -2.68. The first-order valence-corrected chi connectivity index (χ1v) is 6.04. The fourth-order valence-corrected chi connectivity index (χ4v) is 1.55. The van der Waals surface area contributed by atoms with Crippen LogP contribution in [0.1, 0.15) is 0 Å². The normalized spacial score (nSPS) is 10.1. The third-order valence-corrected chi connectivity index (χ3v) is 2.56. The lowest BCUT2D eigenvalue weighted by molar-refractivity contribution is 0.387. The molecule has 21 heavy (non-hydrogen) atoms. The summed E-state index contributed by atoms with van der Waals surface area (Å²) in [7, 11) is 4.98. The number of ether oxygens (including phenoxy) is 1. The van der Waals surface area contributed by atoms with Gasteiger partial charge in [-0.05, 0) is 12.1 Å². The van der Waals surface area contributed by atoms with E-state index in [4.69, 9.17) is 10.6 Å². The van der Waals surface area contributed by atoms with Gasteiger partial charge in [0, 0.05) is 25.8 Å². The van der Waals surface area contributed by atoms with E-state index in [0.29, 0.717) is 11.6 Å². The molecule has 0 aliphatic carbocycles. The second-order valence-corrected chi connectivity index (χ2v) is 4.30. The van der Waals surface area contributed by atoms with Gasteiger partial charge >= 0.3 is 0 Å². The molecule has 8 nitrogen and oxygen atoms in total. The van der Waals surface area contributed by atoms with Crippen LogP contribution in [0.2, 0.25) is 0 Å². The van der Waals surface area contributed by atoms with Crippen molar-refractivity contribution in [2.24, 2.45) is 5.84 Å².